The number of Topliss-reactive ketones (excluding diaryl/α,β-unsaturated/α-hetero) is 1. The van der Waals surface area contributed by atoms with E-state index >= 15 is 0 Å². The standard InChI is InChI=1S/C25H26N4O2S.ClH/c1-15-17-5-3-4-6-21(17)32-22(15)14-29(2)23(30)8-7-16-11-19-20-13-26-10-9-18(20)25(31)24(19)28-27-12-16;/h3-8,11-12,18,24,26,28H,9-10,13-14H2,1-2H3;1H/b8-7+;/t18?,24-;/m0./s1. The fraction of sp³-hybridized carbons (Fsp3) is 0.320. The number of fused-ring (bicyclic) bond motifs is 3. The Bertz CT molecular complexity index is 1230. The molecule has 8 heteroatoms. The summed E-state index contributed by atoms with van der Waals surface area (Å²) >= 11 is 1.74. The maximum atomic E-state index is 12.8. The maximum absolute atomic E-state index is 12.8. The van der Waals surface area contributed by atoms with E-state index in [9.17, 15) is 9.59 Å². The van der Waals surface area contributed by atoms with Gasteiger partial charge in [-0.05, 0) is 65.8 Å². The van der Waals surface area contributed by atoms with Gasteiger partial charge in [-0.25, -0.2) is 0 Å². The van der Waals surface area contributed by atoms with Crippen molar-refractivity contribution in [2.45, 2.75) is 25.9 Å². The summed E-state index contributed by atoms with van der Waals surface area (Å²) in [6.45, 7) is 4.28. The number of ketones is 1. The second kappa shape index (κ2) is 9.63. The van der Waals surface area contributed by atoms with Gasteiger partial charge in [0.2, 0.25) is 5.91 Å². The Labute approximate surface area is 203 Å². The van der Waals surface area contributed by atoms with Crippen molar-refractivity contribution in [2.75, 3.05) is 20.1 Å². The van der Waals surface area contributed by atoms with Gasteiger partial charge in [0, 0.05) is 35.2 Å². The summed E-state index contributed by atoms with van der Waals surface area (Å²) < 4.78 is 1.24. The molecule has 3 aliphatic rings. The molecule has 5 rings (SSSR count). The van der Waals surface area contributed by atoms with E-state index in [1.54, 1.807) is 34.6 Å². The van der Waals surface area contributed by atoms with Crippen LogP contribution in [0.4, 0.5) is 0 Å². The first-order valence-electron chi connectivity index (χ1n) is 10.9. The molecular formula is C25H27ClN4O2S. The van der Waals surface area contributed by atoms with Crippen molar-refractivity contribution in [2.24, 2.45) is 11.0 Å². The number of piperidine rings is 1. The first-order chi connectivity index (χ1) is 15.5. The molecule has 2 aromatic rings. The molecule has 2 N–H and O–H groups in total. The van der Waals surface area contributed by atoms with Crippen LogP contribution < -0.4 is 10.7 Å². The molecule has 2 atom stereocenters. The predicted octanol–water partition coefficient (Wildman–Crippen LogP) is 3.52. The predicted molar refractivity (Wildman–Crippen MR) is 136 cm³/mol. The lowest BCUT2D eigenvalue weighted by atomic mass is 9.93. The van der Waals surface area contributed by atoms with E-state index in [0.29, 0.717) is 6.54 Å². The lowest BCUT2D eigenvalue weighted by Gasteiger charge is -2.20. The van der Waals surface area contributed by atoms with Gasteiger partial charge in [0.15, 0.2) is 5.78 Å². The number of nitrogens with zero attached hydrogens (tertiary/aromatic N) is 2. The zero-order chi connectivity index (χ0) is 22.2. The number of hydrogen-bond donors (Lipinski definition) is 2. The van der Waals surface area contributed by atoms with Crippen molar-refractivity contribution in [3.05, 3.63) is 69.7 Å². The molecule has 1 unspecified atom stereocenters. The minimum Gasteiger partial charge on any atom is -0.337 e. The second-order valence-corrected chi connectivity index (χ2v) is 9.68. The Morgan fingerprint density at radius 2 is 2.15 bits per heavy atom. The molecule has 1 aromatic heterocycles. The first kappa shape index (κ1) is 23.4. The number of hydrogen-bond acceptors (Lipinski definition) is 6. The number of rotatable bonds is 4. The van der Waals surface area contributed by atoms with Crippen molar-refractivity contribution in [3.8, 4) is 0 Å². The van der Waals surface area contributed by atoms with Crippen LogP contribution in [0.15, 0.2) is 64.3 Å². The van der Waals surface area contributed by atoms with Gasteiger partial charge in [-0.2, -0.15) is 5.10 Å². The molecule has 0 spiro atoms. The van der Waals surface area contributed by atoms with Crippen LogP contribution in [0.3, 0.4) is 0 Å². The lowest BCUT2D eigenvalue weighted by Crippen LogP contribution is -2.36. The largest absolute Gasteiger partial charge is 0.337 e. The average Bonchev–Trinajstić information content (AvgIpc) is 3.15. The lowest BCUT2D eigenvalue weighted by molar-refractivity contribution is -0.125. The number of thiophene rings is 1. The minimum absolute atomic E-state index is 0. The highest BCUT2D eigenvalue weighted by Gasteiger charge is 2.41. The number of hydrazone groups is 1. The maximum Gasteiger partial charge on any atom is 0.246 e. The van der Waals surface area contributed by atoms with Crippen molar-refractivity contribution >= 4 is 51.7 Å². The van der Waals surface area contributed by atoms with Crippen LogP contribution in [-0.2, 0) is 16.1 Å². The monoisotopic (exact) mass is 482 g/mol. The van der Waals surface area contributed by atoms with Gasteiger partial charge >= 0.3 is 0 Å². The molecule has 1 fully saturated rings. The number of likely N-dealkylation sites (N-methyl/N-ethyl adjacent to an activating group) is 1. The molecule has 1 saturated heterocycles. The van der Waals surface area contributed by atoms with E-state index in [1.807, 2.05) is 25.3 Å². The van der Waals surface area contributed by atoms with Crippen molar-refractivity contribution in [1.29, 1.82) is 0 Å². The van der Waals surface area contributed by atoms with E-state index in [-0.39, 0.29) is 36.1 Å². The number of nitrogens with one attached hydrogen (secondary N) is 2. The Morgan fingerprint density at radius 1 is 1.33 bits per heavy atom. The Balaban J connectivity index is 0.00000259. The minimum atomic E-state index is -0.383. The molecule has 172 valence electrons. The smallest absolute Gasteiger partial charge is 0.246 e. The van der Waals surface area contributed by atoms with E-state index in [1.165, 1.54) is 20.5 Å². The molecule has 3 heterocycles. The number of amides is 1. The normalized spacial score (nSPS) is 21.9. The number of allylic oxidation sites excluding steroid dienone is 2. The van der Waals surface area contributed by atoms with Gasteiger partial charge in [-0.3, -0.25) is 15.0 Å². The van der Waals surface area contributed by atoms with Crippen LogP contribution in [0.1, 0.15) is 16.9 Å². The highest BCUT2D eigenvalue weighted by Crippen LogP contribution is 2.35. The zero-order valence-corrected chi connectivity index (χ0v) is 20.3. The van der Waals surface area contributed by atoms with Crippen LogP contribution in [0.2, 0.25) is 0 Å². The van der Waals surface area contributed by atoms with Crippen molar-refractivity contribution in [1.82, 2.24) is 15.6 Å². The molecule has 6 nitrogen and oxygen atoms in total. The summed E-state index contributed by atoms with van der Waals surface area (Å²) in [4.78, 5) is 28.5. The number of carbonyl (C=O) groups excluding carboxylic acids is 2. The molecule has 2 aliphatic heterocycles. The first-order valence-corrected chi connectivity index (χ1v) is 11.7. The van der Waals surface area contributed by atoms with Crippen molar-refractivity contribution in [3.63, 3.8) is 0 Å². The van der Waals surface area contributed by atoms with Gasteiger partial charge in [0.1, 0.15) is 6.04 Å². The summed E-state index contributed by atoms with van der Waals surface area (Å²) in [5.41, 5.74) is 7.18. The topological polar surface area (TPSA) is 73.8 Å². The number of benzene rings is 1. The number of aryl methyl sites for hydroxylation is 1. The van der Waals surface area contributed by atoms with Crippen molar-refractivity contribution < 1.29 is 9.59 Å². The average molecular weight is 483 g/mol. The van der Waals surface area contributed by atoms with Gasteiger partial charge in [0.25, 0.3) is 0 Å². The fourth-order valence-corrected chi connectivity index (χ4v) is 5.96. The van der Waals surface area contributed by atoms with Crippen LogP contribution >= 0.6 is 23.7 Å². The summed E-state index contributed by atoms with van der Waals surface area (Å²) in [5.74, 6) is 0.114. The quantitative estimate of drug-likeness (QED) is 0.654. The van der Waals surface area contributed by atoms with Gasteiger partial charge < -0.3 is 10.2 Å². The molecule has 1 amide bonds. The van der Waals surface area contributed by atoms with E-state index in [0.717, 1.165) is 36.2 Å². The van der Waals surface area contributed by atoms with Gasteiger partial charge in [-0.15, -0.1) is 23.7 Å². The molecule has 0 saturated carbocycles. The van der Waals surface area contributed by atoms with Gasteiger partial charge in [0.05, 0.1) is 12.8 Å². The zero-order valence-electron chi connectivity index (χ0n) is 18.6. The molecule has 33 heavy (non-hydrogen) atoms. The van der Waals surface area contributed by atoms with Crippen LogP contribution in [0.25, 0.3) is 10.1 Å². The highest BCUT2D eigenvalue weighted by molar-refractivity contribution is 7.19. The summed E-state index contributed by atoms with van der Waals surface area (Å²) in [5, 5.41) is 8.85. The number of halogens is 1. The van der Waals surface area contributed by atoms with Crippen LogP contribution in [-0.4, -0.2) is 49.0 Å². The van der Waals surface area contributed by atoms with Crippen LogP contribution in [0, 0.1) is 12.8 Å². The summed E-state index contributed by atoms with van der Waals surface area (Å²) in [6.07, 6.45) is 7.86. The third kappa shape index (κ3) is 4.40. The van der Waals surface area contributed by atoms with E-state index in [2.05, 4.69) is 34.9 Å². The molecule has 0 radical (unpaired) electrons. The van der Waals surface area contributed by atoms with E-state index in [4.69, 9.17) is 0 Å². The van der Waals surface area contributed by atoms with Crippen LogP contribution in [0.5, 0.6) is 0 Å². The number of carbonyl (C=O) groups is 2. The molecule has 0 bridgehead atoms. The van der Waals surface area contributed by atoms with E-state index < -0.39 is 0 Å². The fourth-order valence-electron chi connectivity index (χ4n) is 4.69. The summed E-state index contributed by atoms with van der Waals surface area (Å²) in [7, 11) is 1.82. The SMILES string of the molecule is Cc1c(CN(C)C(=O)/C=C/C2=CC3=C4CNCCC4C(=O)[C@H]3NN=C2)sc2ccccc12.Cl. The third-order valence-electron chi connectivity index (χ3n) is 6.51. The Kier molecular flexibility index (Phi) is 6.83. The summed E-state index contributed by atoms with van der Waals surface area (Å²) in [6, 6.07) is 7.95. The van der Waals surface area contributed by atoms with Gasteiger partial charge in [-0.1, -0.05) is 18.2 Å². The Morgan fingerprint density at radius 3 is 2.97 bits per heavy atom. The third-order valence-corrected chi connectivity index (χ3v) is 7.77. The molecule has 1 aliphatic carbocycles. The second-order valence-electron chi connectivity index (χ2n) is 8.54. The highest BCUT2D eigenvalue weighted by atomic mass is 35.5. The molecule has 1 aromatic carbocycles. The molecular weight excluding hydrogens is 456 g/mol. The Hall–Kier alpha value is -2.74.